The third-order valence-corrected chi connectivity index (χ3v) is 3.47. The van der Waals surface area contributed by atoms with E-state index in [-0.39, 0.29) is 32.5 Å². The summed E-state index contributed by atoms with van der Waals surface area (Å²) in [4.78, 5) is 34.7. The van der Waals surface area contributed by atoms with E-state index in [1.807, 2.05) is 27.7 Å². The van der Waals surface area contributed by atoms with Crippen molar-refractivity contribution < 1.29 is 22.0 Å². The minimum absolute atomic E-state index is 0. The Balaban J connectivity index is -0.00000264. The number of ketones is 1. The van der Waals surface area contributed by atoms with Gasteiger partial charge in [0.15, 0.2) is 0 Å². The highest BCUT2D eigenvalue weighted by Gasteiger charge is 2.08. The Bertz CT molecular complexity index is 391. The topological polar surface area (TPSA) is 84.5 Å². The van der Waals surface area contributed by atoms with E-state index in [1.165, 1.54) is 0 Å². The van der Waals surface area contributed by atoms with Crippen molar-refractivity contribution in [2.45, 2.75) is 72.3 Å². The number of carbonyl (C=O) groups excluding carboxylic acids is 3. The van der Waals surface area contributed by atoms with Crippen LogP contribution in [0.4, 0.5) is 0 Å². The molecule has 0 heterocycles. The Morgan fingerprint density at radius 3 is 1.88 bits per heavy atom. The third-order valence-electron chi connectivity index (χ3n) is 3.47. The van der Waals surface area contributed by atoms with Gasteiger partial charge >= 0.3 is 0 Å². The average Bonchev–Trinajstić information content (AvgIpc) is 2.50. The molecule has 0 atom stereocenters. The fourth-order valence-electron chi connectivity index (χ4n) is 1.98. The Morgan fingerprint density at radius 1 is 0.833 bits per heavy atom. The van der Waals surface area contributed by atoms with Crippen LogP contribution in [0.25, 0.3) is 0 Å². The molecule has 0 rings (SSSR count). The molecule has 0 aromatic rings. The molecule has 0 radical (unpaired) electrons. The second-order valence-electron chi connectivity index (χ2n) is 6.55. The van der Waals surface area contributed by atoms with Gasteiger partial charge in [0.05, 0.1) is 6.10 Å². The van der Waals surface area contributed by atoms with Crippen LogP contribution in [0.5, 0.6) is 0 Å². The van der Waals surface area contributed by atoms with E-state index < -0.39 is 0 Å². The molecular weight excluding hydrogens is 308 g/mol. The Labute approximate surface area is 149 Å². The molecule has 0 aliphatic carbocycles. The lowest BCUT2D eigenvalue weighted by molar-refractivity contribution is -0.124. The number of ether oxygens (including phenoxy) is 1. The molecule has 0 aliphatic rings. The van der Waals surface area contributed by atoms with E-state index in [0.29, 0.717) is 51.8 Å². The molecule has 0 spiro atoms. The molecule has 0 saturated heterocycles. The minimum atomic E-state index is -0.0647. The highest BCUT2D eigenvalue weighted by atomic mass is 16.5. The zero-order valence-corrected chi connectivity index (χ0v) is 15.7. The van der Waals surface area contributed by atoms with Crippen LogP contribution >= 0.6 is 0 Å². The second-order valence-corrected chi connectivity index (χ2v) is 6.55. The quantitative estimate of drug-likeness (QED) is 0.474. The van der Waals surface area contributed by atoms with Crippen molar-refractivity contribution in [2.24, 2.45) is 5.92 Å². The maximum absolute atomic E-state index is 11.6. The van der Waals surface area contributed by atoms with Crippen molar-refractivity contribution in [3.05, 3.63) is 0 Å². The van der Waals surface area contributed by atoms with Gasteiger partial charge < -0.3 is 15.4 Å². The lowest BCUT2D eigenvalue weighted by Gasteiger charge is -2.08. The van der Waals surface area contributed by atoms with Crippen LogP contribution in [0.15, 0.2) is 0 Å². The molecule has 0 saturated carbocycles. The maximum atomic E-state index is 11.6. The molecule has 0 aliphatic heterocycles. The van der Waals surface area contributed by atoms with Crippen molar-refractivity contribution in [3.63, 3.8) is 0 Å². The van der Waals surface area contributed by atoms with Gasteiger partial charge in [-0.2, -0.15) is 0 Å². The van der Waals surface area contributed by atoms with Gasteiger partial charge in [-0.3, -0.25) is 14.4 Å². The van der Waals surface area contributed by atoms with Crippen LogP contribution in [0, 0.1) is 5.92 Å². The molecule has 2 amide bonds. The Kier molecular flexibility index (Phi) is 13.1. The van der Waals surface area contributed by atoms with Crippen molar-refractivity contribution in [1.29, 1.82) is 0 Å². The average molecular weight is 347 g/mol. The molecule has 6 heteroatoms. The molecule has 0 fully saturated rings. The first-order valence-corrected chi connectivity index (χ1v) is 9.00. The van der Waals surface area contributed by atoms with Gasteiger partial charge in [-0.1, -0.05) is 13.8 Å². The van der Waals surface area contributed by atoms with E-state index in [0.717, 1.165) is 6.42 Å². The summed E-state index contributed by atoms with van der Waals surface area (Å²) >= 11 is 0. The number of amides is 2. The number of hydrogen-bond acceptors (Lipinski definition) is 4. The summed E-state index contributed by atoms with van der Waals surface area (Å²) in [6.45, 7) is 9.46. The summed E-state index contributed by atoms with van der Waals surface area (Å²) < 4.78 is 5.39. The molecule has 6 nitrogen and oxygen atoms in total. The van der Waals surface area contributed by atoms with Gasteiger partial charge in [0.2, 0.25) is 11.8 Å². The first-order valence-electron chi connectivity index (χ1n) is 9.00. The smallest absolute Gasteiger partial charge is 0.220 e. The second kappa shape index (κ2) is 14.0. The van der Waals surface area contributed by atoms with E-state index in [2.05, 4.69) is 10.6 Å². The van der Waals surface area contributed by atoms with Gasteiger partial charge in [0, 0.05) is 47.7 Å². The number of hydrogen-bond donors (Lipinski definition) is 2. The zero-order valence-electron chi connectivity index (χ0n) is 15.7. The van der Waals surface area contributed by atoms with Crippen molar-refractivity contribution in [2.75, 3.05) is 19.7 Å². The SMILES string of the molecule is CC(C)OCCCNC(=O)CCCC(=O)NCCCC(=O)C(C)C.[HH].[HH]. The summed E-state index contributed by atoms with van der Waals surface area (Å²) in [6, 6.07) is 0. The largest absolute Gasteiger partial charge is 0.379 e. The highest BCUT2D eigenvalue weighted by molar-refractivity contribution is 5.80. The number of carbonyl (C=O) groups is 3. The molecule has 0 aromatic heterocycles. The molecule has 0 unspecified atom stereocenters. The number of nitrogens with one attached hydrogen (secondary N) is 2. The molecular formula is C18H38N2O4. The monoisotopic (exact) mass is 346 g/mol. The van der Waals surface area contributed by atoms with Crippen LogP contribution in [0.2, 0.25) is 0 Å². The van der Waals surface area contributed by atoms with Crippen molar-refractivity contribution >= 4 is 17.6 Å². The van der Waals surface area contributed by atoms with E-state index >= 15 is 0 Å². The lowest BCUT2D eigenvalue weighted by Crippen LogP contribution is -2.27. The summed E-state index contributed by atoms with van der Waals surface area (Å²) in [5.74, 6) is 0.177. The summed E-state index contributed by atoms with van der Waals surface area (Å²) in [6.07, 6.45) is 3.39. The van der Waals surface area contributed by atoms with E-state index in [4.69, 9.17) is 4.74 Å². The lowest BCUT2D eigenvalue weighted by atomic mass is 10.0. The number of rotatable bonds is 14. The first kappa shape index (κ1) is 22.6. The highest BCUT2D eigenvalue weighted by Crippen LogP contribution is 2.01. The summed E-state index contributed by atoms with van der Waals surface area (Å²) in [5, 5.41) is 5.60. The fourth-order valence-corrected chi connectivity index (χ4v) is 1.98. The molecule has 24 heavy (non-hydrogen) atoms. The standard InChI is InChI=1S/C18H34N2O4.2H2/c1-14(2)16(21)8-6-11-19-17(22)9-5-10-18(23)20-12-7-13-24-15(3)4;;/h14-15H,5-13H2,1-4H3,(H,19,22)(H,20,23);2*1H. The summed E-state index contributed by atoms with van der Waals surface area (Å²) in [7, 11) is 0. The van der Waals surface area contributed by atoms with Crippen LogP contribution < -0.4 is 10.6 Å². The third kappa shape index (κ3) is 14.2. The number of Topliss-reactive ketones (excluding diaryl/α,β-unsaturated/α-hetero) is 1. The van der Waals surface area contributed by atoms with Gasteiger partial charge in [0.1, 0.15) is 5.78 Å². The fraction of sp³-hybridized carbons (Fsp3) is 0.833. The van der Waals surface area contributed by atoms with Gasteiger partial charge in [0.25, 0.3) is 0 Å². The van der Waals surface area contributed by atoms with E-state index in [9.17, 15) is 14.4 Å². The van der Waals surface area contributed by atoms with Crippen LogP contribution in [0.1, 0.15) is 69.1 Å². The molecule has 0 bridgehead atoms. The van der Waals surface area contributed by atoms with Crippen LogP contribution in [-0.4, -0.2) is 43.4 Å². The van der Waals surface area contributed by atoms with E-state index in [1.54, 1.807) is 0 Å². The van der Waals surface area contributed by atoms with Gasteiger partial charge in [-0.05, 0) is 33.1 Å². The zero-order chi connectivity index (χ0) is 18.4. The van der Waals surface area contributed by atoms with Gasteiger partial charge in [-0.25, -0.2) is 0 Å². The first-order chi connectivity index (χ1) is 11.3. The minimum Gasteiger partial charge on any atom is -0.379 e. The van der Waals surface area contributed by atoms with Crippen LogP contribution in [0.3, 0.4) is 0 Å². The molecule has 0 aromatic carbocycles. The van der Waals surface area contributed by atoms with Gasteiger partial charge in [-0.15, -0.1) is 0 Å². The summed E-state index contributed by atoms with van der Waals surface area (Å²) in [5.41, 5.74) is 0. The Hall–Kier alpha value is -1.43. The predicted octanol–water partition coefficient (Wildman–Crippen LogP) is 2.70. The molecule has 2 N–H and O–H groups in total. The van der Waals surface area contributed by atoms with Crippen LogP contribution in [-0.2, 0) is 19.1 Å². The maximum Gasteiger partial charge on any atom is 0.220 e. The molecule has 144 valence electrons. The predicted molar refractivity (Wildman–Crippen MR) is 98.9 cm³/mol. The van der Waals surface area contributed by atoms with Crippen molar-refractivity contribution in [1.82, 2.24) is 10.6 Å². The van der Waals surface area contributed by atoms with Crippen molar-refractivity contribution in [3.8, 4) is 0 Å². The Morgan fingerprint density at radius 2 is 1.38 bits per heavy atom. The normalized spacial score (nSPS) is 10.9.